The van der Waals surface area contributed by atoms with Gasteiger partial charge in [0.2, 0.25) is 0 Å². The van der Waals surface area contributed by atoms with Crippen LogP contribution in [0.4, 0.5) is 0 Å². The maximum absolute atomic E-state index is 11.5. The third-order valence-corrected chi connectivity index (χ3v) is 3.54. The van der Waals surface area contributed by atoms with Crippen molar-refractivity contribution in [2.75, 3.05) is 13.2 Å². The molecule has 0 fully saturated rings. The Kier molecular flexibility index (Phi) is 5.38. The fourth-order valence-corrected chi connectivity index (χ4v) is 2.42. The zero-order chi connectivity index (χ0) is 14.4. The first-order chi connectivity index (χ1) is 9.70. The standard InChI is InChI=1S/C15H17BrN2O2/c16-13-11-12(6-7-17)4-5-14(13)20-10-9-18-8-2-1-3-15(18)19/h1-5,8,11H,6-7,9-10,17H2. The molecule has 2 N–H and O–H groups in total. The summed E-state index contributed by atoms with van der Waals surface area (Å²) in [6, 6.07) is 11.0. The molecule has 0 aliphatic heterocycles. The van der Waals surface area contributed by atoms with Crippen LogP contribution in [0.2, 0.25) is 0 Å². The molecule has 1 aromatic heterocycles. The van der Waals surface area contributed by atoms with Gasteiger partial charge in [0.1, 0.15) is 12.4 Å². The van der Waals surface area contributed by atoms with E-state index in [1.807, 2.05) is 24.3 Å². The maximum atomic E-state index is 11.5. The Hall–Kier alpha value is -1.59. The molecule has 0 aliphatic carbocycles. The van der Waals surface area contributed by atoms with E-state index in [2.05, 4.69) is 15.9 Å². The molecular formula is C15H17BrN2O2. The molecule has 0 bridgehead atoms. The molecule has 0 spiro atoms. The highest BCUT2D eigenvalue weighted by Gasteiger charge is 2.03. The zero-order valence-corrected chi connectivity index (χ0v) is 12.7. The van der Waals surface area contributed by atoms with Crippen LogP contribution < -0.4 is 16.0 Å². The van der Waals surface area contributed by atoms with Crippen LogP contribution >= 0.6 is 15.9 Å². The molecule has 0 saturated heterocycles. The van der Waals surface area contributed by atoms with Gasteiger partial charge in [0.15, 0.2) is 0 Å². The predicted octanol–water partition coefficient (Wildman–Crippen LogP) is 2.19. The summed E-state index contributed by atoms with van der Waals surface area (Å²) in [5, 5.41) is 0. The van der Waals surface area contributed by atoms with E-state index in [4.69, 9.17) is 10.5 Å². The third-order valence-electron chi connectivity index (χ3n) is 2.92. The van der Waals surface area contributed by atoms with E-state index in [0.29, 0.717) is 19.7 Å². The second-order valence-electron chi connectivity index (χ2n) is 4.38. The highest BCUT2D eigenvalue weighted by Crippen LogP contribution is 2.26. The van der Waals surface area contributed by atoms with E-state index < -0.39 is 0 Å². The fraction of sp³-hybridized carbons (Fsp3) is 0.267. The topological polar surface area (TPSA) is 57.2 Å². The van der Waals surface area contributed by atoms with E-state index >= 15 is 0 Å². The Morgan fingerprint density at radius 1 is 1.25 bits per heavy atom. The van der Waals surface area contributed by atoms with E-state index in [1.54, 1.807) is 16.8 Å². The summed E-state index contributed by atoms with van der Waals surface area (Å²) >= 11 is 3.48. The van der Waals surface area contributed by atoms with Gasteiger partial charge >= 0.3 is 0 Å². The molecule has 5 heteroatoms. The fourth-order valence-electron chi connectivity index (χ4n) is 1.88. The van der Waals surface area contributed by atoms with Crippen LogP contribution in [0, 0.1) is 0 Å². The Morgan fingerprint density at radius 2 is 2.10 bits per heavy atom. The molecule has 0 unspecified atom stereocenters. The molecule has 1 aromatic carbocycles. The lowest BCUT2D eigenvalue weighted by Gasteiger charge is -2.10. The van der Waals surface area contributed by atoms with Gasteiger partial charge in [-0.1, -0.05) is 12.1 Å². The van der Waals surface area contributed by atoms with Crippen LogP contribution in [-0.4, -0.2) is 17.7 Å². The van der Waals surface area contributed by atoms with Gasteiger partial charge in [0.05, 0.1) is 11.0 Å². The monoisotopic (exact) mass is 336 g/mol. The number of pyridine rings is 1. The highest BCUT2D eigenvalue weighted by molar-refractivity contribution is 9.10. The zero-order valence-electron chi connectivity index (χ0n) is 11.1. The summed E-state index contributed by atoms with van der Waals surface area (Å²) in [6.45, 7) is 1.60. The Bertz CT molecular complexity index is 625. The van der Waals surface area contributed by atoms with Gasteiger partial charge in [-0.05, 0) is 52.7 Å². The normalized spacial score (nSPS) is 10.5. The van der Waals surface area contributed by atoms with E-state index in [0.717, 1.165) is 16.6 Å². The van der Waals surface area contributed by atoms with Crippen molar-refractivity contribution in [3.8, 4) is 5.75 Å². The number of aromatic nitrogens is 1. The molecule has 0 saturated carbocycles. The number of ether oxygens (including phenoxy) is 1. The van der Waals surface area contributed by atoms with Crippen LogP contribution in [0.25, 0.3) is 0 Å². The van der Waals surface area contributed by atoms with Crippen molar-refractivity contribution in [2.45, 2.75) is 13.0 Å². The Balaban J connectivity index is 1.94. The van der Waals surface area contributed by atoms with Crippen LogP contribution in [-0.2, 0) is 13.0 Å². The van der Waals surface area contributed by atoms with Crippen molar-refractivity contribution in [2.24, 2.45) is 5.73 Å². The molecule has 106 valence electrons. The van der Waals surface area contributed by atoms with Crippen molar-refractivity contribution in [3.63, 3.8) is 0 Å². The summed E-state index contributed by atoms with van der Waals surface area (Å²) in [5.41, 5.74) is 6.68. The first-order valence-corrected chi connectivity index (χ1v) is 7.27. The number of hydrogen-bond donors (Lipinski definition) is 1. The molecule has 20 heavy (non-hydrogen) atoms. The molecule has 0 atom stereocenters. The van der Waals surface area contributed by atoms with Gasteiger partial charge in [-0.3, -0.25) is 4.79 Å². The maximum Gasteiger partial charge on any atom is 0.250 e. The Labute approximate surface area is 126 Å². The second-order valence-corrected chi connectivity index (χ2v) is 5.24. The number of hydrogen-bond acceptors (Lipinski definition) is 3. The molecule has 4 nitrogen and oxygen atoms in total. The summed E-state index contributed by atoms with van der Waals surface area (Å²) in [7, 11) is 0. The van der Waals surface area contributed by atoms with Gasteiger partial charge in [-0.25, -0.2) is 0 Å². The van der Waals surface area contributed by atoms with Crippen molar-refractivity contribution < 1.29 is 4.74 Å². The van der Waals surface area contributed by atoms with Gasteiger partial charge in [-0.15, -0.1) is 0 Å². The van der Waals surface area contributed by atoms with Crippen molar-refractivity contribution in [3.05, 3.63) is 63.0 Å². The van der Waals surface area contributed by atoms with Gasteiger partial charge < -0.3 is 15.0 Å². The first kappa shape index (κ1) is 14.8. The quantitative estimate of drug-likeness (QED) is 0.879. The number of halogens is 1. The van der Waals surface area contributed by atoms with Gasteiger partial charge in [-0.2, -0.15) is 0 Å². The second kappa shape index (κ2) is 7.26. The van der Waals surface area contributed by atoms with E-state index in [9.17, 15) is 4.79 Å². The molecule has 0 aliphatic rings. The van der Waals surface area contributed by atoms with Crippen LogP contribution in [0.3, 0.4) is 0 Å². The number of nitrogens with zero attached hydrogens (tertiary/aromatic N) is 1. The Morgan fingerprint density at radius 3 is 2.80 bits per heavy atom. The lowest BCUT2D eigenvalue weighted by molar-refractivity contribution is 0.294. The van der Waals surface area contributed by atoms with Crippen LogP contribution in [0.1, 0.15) is 5.56 Å². The number of rotatable bonds is 6. The minimum atomic E-state index is -0.0199. The molecule has 1 heterocycles. The average molecular weight is 337 g/mol. The lowest BCUT2D eigenvalue weighted by atomic mass is 10.1. The molecule has 0 amide bonds. The molecular weight excluding hydrogens is 320 g/mol. The molecule has 2 aromatic rings. The minimum Gasteiger partial charge on any atom is -0.491 e. The highest BCUT2D eigenvalue weighted by atomic mass is 79.9. The van der Waals surface area contributed by atoms with E-state index in [1.165, 1.54) is 11.6 Å². The first-order valence-electron chi connectivity index (χ1n) is 6.47. The van der Waals surface area contributed by atoms with Gasteiger partial charge in [0, 0.05) is 12.3 Å². The summed E-state index contributed by atoms with van der Waals surface area (Å²) in [4.78, 5) is 11.5. The summed E-state index contributed by atoms with van der Waals surface area (Å²) < 4.78 is 8.22. The van der Waals surface area contributed by atoms with Gasteiger partial charge in [0.25, 0.3) is 5.56 Å². The van der Waals surface area contributed by atoms with Crippen molar-refractivity contribution >= 4 is 15.9 Å². The summed E-state index contributed by atoms with van der Waals surface area (Å²) in [6.07, 6.45) is 2.60. The molecule has 0 radical (unpaired) electrons. The van der Waals surface area contributed by atoms with Crippen LogP contribution in [0.5, 0.6) is 5.75 Å². The molecule has 2 rings (SSSR count). The van der Waals surface area contributed by atoms with Crippen LogP contribution in [0.15, 0.2) is 51.9 Å². The number of nitrogens with two attached hydrogens (primary N) is 1. The van der Waals surface area contributed by atoms with E-state index in [-0.39, 0.29) is 5.56 Å². The smallest absolute Gasteiger partial charge is 0.250 e. The average Bonchev–Trinajstić information content (AvgIpc) is 2.43. The predicted molar refractivity (Wildman–Crippen MR) is 83.1 cm³/mol. The SMILES string of the molecule is NCCc1ccc(OCCn2ccccc2=O)c(Br)c1. The largest absolute Gasteiger partial charge is 0.491 e. The summed E-state index contributed by atoms with van der Waals surface area (Å²) in [5.74, 6) is 0.773. The van der Waals surface area contributed by atoms with Crippen molar-refractivity contribution in [1.29, 1.82) is 0 Å². The number of benzene rings is 1. The lowest BCUT2D eigenvalue weighted by Crippen LogP contribution is -2.21. The van der Waals surface area contributed by atoms with Crippen molar-refractivity contribution in [1.82, 2.24) is 4.57 Å². The third kappa shape index (κ3) is 3.95. The minimum absolute atomic E-state index is 0.0199.